The van der Waals surface area contributed by atoms with Crippen molar-refractivity contribution in [2.24, 2.45) is 16.9 Å². The van der Waals surface area contributed by atoms with Crippen LogP contribution in [0.5, 0.6) is 0 Å². The summed E-state index contributed by atoms with van der Waals surface area (Å²) in [6.45, 7) is 2.99. The number of fused-ring (bicyclic) bond motifs is 4. The molecular weight excluding hydrogens is 626 g/mol. The molecule has 0 unspecified atom stereocenters. The fraction of sp³-hybridized carbons (Fsp3) is 0.412. The maximum absolute atomic E-state index is 15.0. The molecule has 1 aromatic heterocycles. The minimum Gasteiger partial charge on any atom is -0.384 e. The molecule has 248 valence electrons. The van der Waals surface area contributed by atoms with Crippen LogP contribution in [0.4, 0.5) is 8.78 Å². The maximum atomic E-state index is 15.0. The number of nitrogens with zero attached hydrogens (tertiary/aromatic N) is 1. The van der Waals surface area contributed by atoms with E-state index in [-0.39, 0.29) is 58.0 Å². The van der Waals surface area contributed by atoms with Crippen molar-refractivity contribution >= 4 is 34.9 Å². The van der Waals surface area contributed by atoms with Crippen molar-refractivity contribution in [3.8, 4) is 11.1 Å². The molecule has 10 nitrogen and oxygen atoms in total. The lowest BCUT2D eigenvalue weighted by molar-refractivity contribution is -0.139. The van der Waals surface area contributed by atoms with E-state index in [1.54, 1.807) is 34.5 Å². The quantitative estimate of drug-likeness (QED) is 0.106. The van der Waals surface area contributed by atoms with Crippen molar-refractivity contribution in [1.29, 1.82) is 5.41 Å². The van der Waals surface area contributed by atoms with Crippen molar-refractivity contribution in [1.82, 2.24) is 15.5 Å². The minimum absolute atomic E-state index is 0.0585. The topological polar surface area (TPSA) is 164 Å². The molecule has 3 amide bonds. The Kier molecular flexibility index (Phi) is 8.90. The van der Waals surface area contributed by atoms with Crippen LogP contribution in [0.3, 0.4) is 0 Å². The first-order valence-electron chi connectivity index (χ1n) is 15.7. The Morgan fingerprint density at radius 1 is 1.09 bits per heavy atom. The SMILES string of the molecule is C[C@@H](NC(=O)[C@@H]1C[C@]2(COCCCCN)C[C@@H]2N1C(=O)CNC(=O)c1ccc2c(c1)-c1ccccc1C2(F)F)c1cc(C(=N)N)cs1. The summed E-state index contributed by atoms with van der Waals surface area (Å²) in [5.74, 6) is -4.53. The largest absolute Gasteiger partial charge is 0.384 e. The highest BCUT2D eigenvalue weighted by atomic mass is 32.1. The zero-order valence-corrected chi connectivity index (χ0v) is 26.8. The Morgan fingerprint density at radius 3 is 2.60 bits per heavy atom. The summed E-state index contributed by atoms with van der Waals surface area (Å²) in [6, 6.07) is 10.6. The average Bonchev–Trinajstić information content (AvgIpc) is 3.34. The number of benzene rings is 2. The summed E-state index contributed by atoms with van der Waals surface area (Å²) in [6.07, 6.45) is 2.78. The molecule has 3 aromatic rings. The van der Waals surface area contributed by atoms with Crippen LogP contribution in [0.25, 0.3) is 11.1 Å². The van der Waals surface area contributed by atoms with Crippen LogP contribution < -0.4 is 22.1 Å². The summed E-state index contributed by atoms with van der Waals surface area (Å²) in [5, 5.41) is 15.1. The van der Waals surface area contributed by atoms with E-state index in [1.165, 1.54) is 35.6 Å². The number of amidine groups is 1. The van der Waals surface area contributed by atoms with E-state index in [9.17, 15) is 23.2 Å². The Labute approximate surface area is 275 Å². The van der Waals surface area contributed by atoms with Crippen LogP contribution in [-0.4, -0.2) is 66.8 Å². The molecule has 0 bridgehead atoms. The molecule has 6 rings (SSSR count). The summed E-state index contributed by atoms with van der Waals surface area (Å²) in [7, 11) is 0. The normalized spacial score (nSPS) is 22.2. The highest BCUT2D eigenvalue weighted by Gasteiger charge is 2.67. The molecule has 1 saturated heterocycles. The second kappa shape index (κ2) is 12.8. The van der Waals surface area contributed by atoms with Gasteiger partial charge in [-0.25, -0.2) is 0 Å². The summed E-state index contributed by atoms with van der Waals surface area (Å²) < 4.78 is 35.9. The van der Waals surface area contributed by atoms with Gasteiger partial charge < -0.3 is 31.7 Å². The van der Waals surface area contributed by atoms with E-state index in [0.29, 0.717) is 43.7 Å². The Bertz CT molecular complexity index is 1730. The number of halogens is 2. The number of nitrogens with two attached hydrogens (primary N) is 2. The van der Waals surface area contributed by atoms with Crippen molar-refractivity contribution < 1.29 is 27.9 Å². The molecule has 3 aliphatic rings. The van der Waals surface area contributed by atoms with Gasteiger partial charge in [-0.1, -0.05) is 30.3 Å². The number of nitrogens with one attached hydrogen (secondary N) is 3. The molecule has 2 heterocycles. The van der Waals surface area contributed by atoms with Gasteiger partial charge in [-0.2, -0.15) is 8.78 Å². The predicted molar refractivity (Wildman–Crippen MR) is 174 cm³/mol. The van der Waals surface area contributed by atoms with Crippen LogP contribution in [0.15, 0.2) is 53.9 Å². The molecule has 1 aliphatic heterocycles. The van der Waals surface area contributed by atoms with E-state index in [2.05, 4.69) is 10.6 Å². The van der Waals surface area contributed by atoms with E-state index >= 15 is 0 Å². The molecule has 1 saturated carbocycles. The van der Waals surface area contributed by atoms with Crippen LogP contribution in [0, 0.1) is 10.8 Å². The number of unbranched alkanes of at least 4 members (excludes halogenated alkanes) is 1. The van der Waals surface area contributed by atoms with Gasteiger partial charge in [0.1, 0.15) is 11.9 Å². The lowest BCUT2D eigenvalue weighted by Gasteiger charge is -2.28. The number of hydrogen-bond donors (Lipinski definition) is 5. The summed E-state index contributed by atoms with van der Waals surface area (Å²) >= 11 is 1.38. The summed E-state index contributed by atoms with van der Waals surface area (Å²) in [4.78, 5) is 42.9. The number of alkyl halides is 2. The van der Waals surface area contributed by atoms with Gasteiger partial charge in [0.25, 0.3) is 11.8 Å². The summed E-state index contributed by atoms with van der Waals surface area (Å²) in [5.41, 5.74) is 12.0. The third kappa shape index (κ3) is 6.15. The number of rotatable bonds is 13. The molecule has 13 heteroatoms. The number of hydrogen-bond acceptors (Lipinski definition) is 7. The first kappa shape index (κ1) is 32.7. The van der Waals surface area contributed by atoms with Gasteiger partial charge >= 0.3 is 0 Å². The molecule has 47 heavy (non-hydrogen) atoms. The second-order valence-electron chi connectivity index (χ2n) is 12.6. The zero-order valence-electron chi connectivity index (χ0n) is 26.0. The first-order valence-corrected chi connectivity index (χ1v) is 16.6. The minimum atomic E-state index is -3.16. The van der Waals surface area contributed by atoms with Gasteiger partial charge in [-0.05, 0) is 68.5 Å². The van der Waals surface area contributed by atoms with E-state index in [1.807, 2.05) is 6.92 Å². The lowest BCUT2D eigenvalue weighted by atomic mass is 10.00. The van der Waals surface area contributed by atoms with Crippen molar-refractivity contribution in [3.05, 3.63) is 81.0 Å². The third-order valence-electron chi connectivity index (χ3n) is 9.43. The molecule has 4 atom stereocenters. The Balaban J connectivity index is 1.15. The van der Waals surface area contributed by atoms with Crippen molar-refractivity contribution in [2.45, 2.75) is 56.7 Å². The standard InChI is InChI=1S/C34H38F2N6O4S/c1-19(27-13-21(17-47-27)30(38)39)41-32(45)26-14-33(18-46-11-5-4-10-37)15-28(33)42(26)29(43)16-40-31(44)20-8-9-25-23(12-20)22-6-2-3-7-24(22)34(25,35)36/h2-3,6-9,12-13,17,19,26,28H,4-5,10-11,14-16,18,37H2,1H3,(H3,38,39)(H,40,44)(H,41,45)/t19-,26+,28+,33-/m1/s1. The van der Waals surface area contributed by atoms with Gasteiger partial charge in [0, 0.05) is 50.6 Å². The molecule has 7 N–H and O–H groups in total. The van der Waals surface area contributed by atoms with Crippen molar-refractivity contribution in [2.75, 3.05) is 26.3 Å². The second-order valence-corrected chi connectivity index (χ2v) is 13.5. The van der Waals surface area contributed by atoms with E-state index < -0.39 is 23.8 Å². The van der Waals surface area contributed by atoms with Gasteiger partial charge in [0.05, 0.1) is 19.2 Å². The molecule has 2 aliphatic carbocycles. The number of piperidine rings is 1. The monoisotopic (exact) mass is 664 g/mol. The molecule has 0 spiro atoms. The number of carbonyl (C=O) groups excluding carboxylic acids is 3. The van der Waals surface area contributed by atoms with Crippen LogP contribution in [-0.2, 0) is 20.2 Å². The van der Waals surface area contributed by atoms with Crippen LogP contribution in [0.2, 0.25) is 0 Å². The molecule has 2 aromatic carbocycles. The number of nitrogen functional groups attached to an aromatic ring is 1. The Hall–Kier alpha value is -4.20. The molecular formula is C34H38F2N6O4S. The van der Waals surface area contributed by atoms with Crippen LogP contribution >= 0.6 is 11.3 Å². The fourth-order valence-corrected chi connectivity index (χ4v) is 7.73. The van der Waals surface area contributed by atoms with E-state index in [4.69, 9.17) is 21.6 Å². The number of likely N-dealkylation sites (tertiary alicyclic amines) is 1. The molecule has 0 radical (unpaired) electrons. The van der Waals surface area contributed by atoms with Gasteiger partial charge in [-0.15, -0.1) is 11.3 Å². The highest BCUT2D eigenvalue weighted by Crippen LogP contribution is 2.59. The van der Waals surface area contributed by atoms with E-state index in [0.717, 1.165) is 17.7 Å². The van der Waals surface area contributed by atoms with Crippen molar-refractivity contribution in [3.63, 3.8) is 0 Å². The zero-order chi connectivity index (χ0) is 33.5. The highest BCUT2D eigenvalue weighted by molar-refractivity contribution is 7.10. The Morgan fingerprint density at radius 2 is 1.85 bits per heavy atom. The van der Waals surface area contributed by atoms with Crippen LogP contribution in [0.1, 0.15) is 70.6 Å². The maximum Gasteiger partial charge on any atom is 0.299 e. The van der Waals surface area contributed by atoms with Gasteiger partial charge in [0.2, 0.25) is 11.8 Å². The number of carbonyl (C=O) groups is 3. The number of thiophene rings is 1. The predicted octanol–water partition coefficient (Wildman–Crippen LogP) is 3.87. The first-order chi connectivity index (χ1) is 22.5. The van der Waals surface area contributed by atoms with Gasteiger partial charge in [-0.3, -0.25) is 19.8 Å². The third-order valence-corrected chi connectivity index (χ3v) is 10.5. The fourth-order valence-electron chi connectivity index (χ4n) is 6.81. The number of ether oxygens (including phenoxy) is 1. The lowest BCUT2D eigenvalue weighted by Crippen LogP contribution is -2.51. The smallest absolute Gasteiger partial charge is 0.299 e. The number of amides is 3. The average molecular weight is 665 g/mol. The molecule has 2 fully saturated rings. The van der Waals surface area contributed by atoms with Gasteiger partial charge in [0.15, 0.2) is 0 Å².